The van der Waals surface area contributed by atoms with E-state index in [0.29, 0.717) is 18.8 Å². The number of nitrogens with two attached hydrogens (primary N) is 1. The van der Waals surface area contributed by atoms with Crippen LogP contribution in [0.2, 0.25) is 0 Å². The molecule has 0 aliphatic rings. The van der Waals surface area contributed by atoms with Crippen molar-refractivity contribution in [3.8, 4) is 5.75 Å². The van der Waals surface area contributed by atoms with E-state index in [0.717, 1.165) is 0 Å². The van der Waals surface area contributed by atoms with Crippen LogP contribution in [-0.4, -0.2) is 17.6 Å². The standard InChI is InChI=1S/C9H11FN2O2/c10-7-1-3-8(4-2-7)14-6-5-9(11)12-13/h1-4,13H,5-6H2,(H2,11,12). The number of halogens is 1. The first kappa shape index (κ1) is 10.3. The smallest absolute Gasteiger partial charge is 0.142 e. The Morgan fingerprint density at radius 3 is 2.64 bits per heavy atom. The molecule has 0 saturated carbocycles. The summed E-state index contributed by atoms with van der Waals surface area (Å²) in [7, 11) is 0. The first-order valence-electron chi connectivity index (χ1n) is 4.07. The van der Waals surface area contributed by atoms with E-state index in [9.17, 15) is 4.39 Å². The van der Waals surface area contributed by atoms with Gasteiger partial charge in [-0.2, -0.15) is 0 Å². The number of amidine groups is 1. The lowest BCUT2D eigenvalue weighted by molar-refractivity contribution is 0.305. The van der Waals surface area contributed by atoms with E-state index in [2.05, 4.69) is 5.16 Å². The fraction of sp³-hybridized carbons (Fsp3) is 0.222. The topological polar surface area (TPSA) is 67.8 Å². The van der Waals surface area contributed by atoms with Crippen LogP contribution in [0.5, 0.6) is 5.75 Å². The largest absolute Gasteiger partial charge is 0.493 e. The Labute approximate surface area is 80.8 Å². The number of nitrogens with zero attached hydrogens (tertiary/aromatic N) is 1. The maximum Gasteiger partial charge on any atom is 0.142 e. The number of benzene rings is 1. The van der Waals surface area contributed by atoms with E-state index < -0.39 is 0 Å². The van der Waals surface area contributed by atoms with Gasteiger partial charge in [-0.05, 0) is 24.3 Å². The van der Waals surface area contributed by atoms with Crippen LogP contribution < -0.4 is 10.5 Å². The Balaban J connectivity index is 2.35. The van der Waals surface area contributed by atoms with Crippen molar-refractivity contribution < 1.29 is 14.3 Å². The van der Waals surface area contributed by atoms with Crippen molar-refractivity contribution >= 4 is 5.84 Å². The van der Waals surface area contributed by atoms with Crippen LogP contribution in [0.1, 0.15) is 6.42 Å². The second-order valence-corrected chi connectivity index (χ2v) is 2.64. The van der Waals surface area contributed by atoms with Crippen LogP contribution in [0.15, 0.2) is 29.4 Å². The third-order valence-corrected chi connectivity index (χ3v) is 1.57. The molecule has 0 spiro atoms. The molecule has 0 amide bonds. The van der Waals surface area contributed by atoms with Gasteiger partial charge in [-0.1, -0.05) is 5.16 Å². The monoisotopic (exact) mass is 198 g/mol. The molecule has 1 rings (SSSR count). The van der Waals surface area contributed by atoms with Crippen LogP contribution in [0.4, 0.5) is 4.39 Å². The molecule has 0 aliphatic carbocycles. The van der Waals surface area contributed by atoms with Gasteiger partial charge in [-0.3, -0.25) is 0 Å². The quantitative estimate of drug-likeness (QED) is 0.332. The summed E-state index contributed by atoms with van der Waals surface area (Å²) in [5.74, 6) is 0.345. The molecule has 0 saturated heterocycles. The molecule has 0 unspecified atom stereocenters. The van der Waals surface area contributed by atoms with Crippen molar-refractivity contribution in [3.63, 3.8) is 0 Å². The van der Waals surface area contributed by atoms with Crippen molar-refractivity contribution in [2.24, 2.45) is 10.9 Å². The van der Waals surface area contributed by atoms with E-state index in [1.807, 2.05) is 0 Å². The molecule has 0 aromatic heterocycles. The van der Waals surface area contributed by atoms with Gasteiger partial charge in [-0.15, -0.1) is 0 Å². The zero-order valence-electron chi connectivity index (χ0n) is 7.48. The van der Waals surface area contributed by atoms with Gasteiger partial charge in [0.05, 0.1) is 6.61 Å². The first-order chi connectivity index (χ1) is 6.72. The highest BCUT2D eigenvalue weighted by Gasteiger charge is 1.96. The average Bonchev–Trinajstić information content (AvgIpc) is 2.21. The number of rotatable bonds is 4. The van der Waals surface area contributed by atoms with Crippen molar-refractivity contribution in [2.45, 2.75) is 6.42 Å². The molecule has 76 valence electrons. The van der Waals surface area contributed by atoms with Crippen LogP contribution in [0.3, 0.4) is 0 Å². The van der Waals surface area contributed by atoms with Crippen molar-refractivity contribution in [1.29, 1.82) is 0 Å². The van der Waals surface area contributed by atoms with Gasteiger partial charge in [0, 0.05) is 6.42 Å². The lowest BCUT2D eigenvalue weighted by Gasteiger charge is -2.04. The SMILES string of the molecule is N/C(CCOc1ccc(F)cc1)=N\O. The average molecular weight is 198 g/mol. The molecule has 0 radical (unpaired) electrons. The summed E-state index contributed by atoms with van der Waals surface area (Å²) in [5, 5.41) is 11.0. The molecule has 5 heteroatoms. The number of oxime groups is 1. The zero-order chi connectivity index (χ0) is 10.4. The summed E-state index contributed by atoms with van der Waals surface area (Å²) in [6, 6.07) is 5.64. The molecule has 3 N–H and O–H groups in total. The Bertz CT molecular complexity index is 311. The molecular formula is C9H11FN2O2. The molecule has 0 heterocycles. The van der Waals surface area contributed by atoms with Crippen LogP contribution in [-0.2, 0) is 0 Å². The summed E-state index contributed by atoms with van der Waals surface area (Å²) >= 11 is 0. The molecular weight excluding hydrogens is 187 g/mol. The summed E-state index contributed by atoms with van der Waals surface area (Å²) in [6.07, 6.45) is 0.327. The first-order valence-corrected chi connectivity index (χ1v) is 4.07. The van der Waals surface area contributed by atoms with Gasteiger partial charge >= 0.3 is 0 Å². The molecule has 1 aromatic carbocycles. The molecule has 4 nitrogen and oxygen atoms in total. The highest BCUT2D eigenvalue weighted by atomic mass is 19.1. The lowest BCUT2D eigenvalue weighted by Crippen LogP contribution is -2.15. The highest BCUT2D eigenvalue weighted by Crippen LogP contribution is 2.10. The van der Waals surface area contributed by atoms with E-state index in [4.69, 9.17) is 15.7 Å². The van der Waals surface area contributed by atoms with Gasteiger partial charge in [0.1, 0.15) is 17.4 Å². The van der Waals surface area contributed by atoms with Crippen molar-refractivity contribution in [1.82, 2.24) is 0 Å². The fourth-order valence-electron chi connectivity index (χ4n) is 0.854. The number of hydrogen-bond acceptors (Lipinski definition) is 3. The van der Waals surface area contributed by atoms with E-state index in [1.54, 1.807) is 0 Å². The van der Waals surface area contributed by atoms with Crippen LogP contribution >= 0.6 is 0 Å². The van der Waals surface area contributed by atoms with Crippen LogP contribution in [0.25, 0.3) is 0 Å². The van der Waals surface area contributed by atoms with E-state index >= 15 is 0 Å². The minimum Gasteiger partial charge on any atom is -0.493 e. The second kappa shape index (κ2) is 5.06. The zero-order valence-corrected chi connectivity index (χ0v) is 7.48. The van der Waals surface area contributed by atoms with Crippen molar-refractivity contribution in [2.75, 3.05) is 6.61 Å². The lowest BCUT2D eigenvalue weighted by atomic mass is 10.3. The number of hydrogen-bond donors (Lipinski definition) is 2. The molecule has 14 heavy (non-hydrogen) atoms. The molecule has 1 aromatic rings. The minimum absolute atomic E-state index is 0.104. The third kappa shape index (κ3) is 3.30. The third-order valence-electron chi connectivity index (χ3n) is 1.57. The predicted octanol–water partition coefficient (Wildman–Crippen LogP) is 1.34. The Kier molecular flexibility index (Phi) is 3.72. The molecule has 0 fully saturated rings. The van der Waals surface area contributed by atoms with Gasteiger partial charge in [0.25, 0.3) is 0 Å². The minimum atomic E-state index is -0.311. The van der Waals surface area contributed by atoms with Crippen molar-refractivity contribution in [3.05, 3.63) is 30.1 Å². The highest BCUT2D eigenvalue weighted by molar-refractivity contribution is 5.79. The van der Waals surface area contributed by atoms with Crippen LogP contribution in [0, 0.1) is 5.82 Å². The van der Waals surface area contributed by atoms with Gasteiger partial charge in [0.15, 0.2) is 0 Å². The maximum atomic E-state index is 12.5. The Morgan fingerprint density at radius 2 is 2.07 bits per heavy atom. The molecule has 0 aliphatic heterocycles. The summed E-state index contributed by atoms with van der Waals surface area (Å²) in [5.41, 5.74) is 5.22. The maximum absolute atomic E-state index is 12.5. The van der Waals surface area contributed by atoms with E-state index in [1.165, 1.54) is 24.3 Å². The predicted molar refractivity (Wildman–Crippen MR) is 49.9 cm³/mol. The fourth-order valence-corrected chi connectivity index (χ4v) is 0.854. The normalized spacial score (nSPS) is 11.4. The Hall–Kier alpha value is -1.78. The van der Waals surface area contributed by atoms with Gasteiger partial charge in [0.2, 0.25) is 0 Å². The second-order valence-electron chi connectivity index (χ2n) is 2.64. The molecule has 0 bridgehead atoms. The summed E-state index contributed by atoms with van der Waals surface area (Å²) in [4.78, 5) is 0. The van der Waals surface area contributed by atoms with Gasteiger partial charge in [-0.25, -0.2) is 4.39 Å². The molecule has 0 atom stereocenters. The summed E-state index contributed by atoms with van der Waals surface area (Å²) in [6.45, 7) is 0.293. The summed E-state index contributed by atoms with van der Waals surface area (Å²) < 4.78 is 17.7. The van der Waals surface area contributed by atoms with E-state index in [-0.39, 0.29) is 11.7 Å². The Morgan fingerprint density at radius 1 is 1.43 bits per heavy atom. The van der Waals surface area contributed by atoms with Gasteiger partial charge < -0.3 is 15.7 Å². The number of ether oxygens (including phenoxy) is 1.